The lowest BCUT2D eigenvalue weighted by molar-refractivity contribution is -0.121. The molecule has 0 unspecified atom stereocenters. The van der Waals surface area contributed by atoms with Crippen molar-refractivity contribution in [1.29, 1.82) is 0 Å². The summed E-state index contributed by atoms with van der Waals surface area (Å²) in [5.74, 6) is 0.679. The average molecular weight is 341 g/mol. The van der Waals surface area contributed by atoms with E-state index < -0.39 is 0 Å². The highest BCUT2D eigenvalue weighted by atomic mass is 35.5. The van der Waals surface area contributed by atoms with E-state index >= 15 is 0 Å². The maximum Gasteiger partial charge on any atom is 0.234 e. The minimum atomic E-state index is -0.196. The number of halogens is 2. The molecule has 4 nitrogen and oxygen atoms in total. The Balaban J connectivity index is 1.86. The minimum Gasteiger partial charge on any atom is -0.468 e. The molecule has 0 aliphatic rings. The van der Waals surface area contributed by atoms with Gasteiger partial charge in [0.1, 0.15) is 5.76 Å². The van der Waals surface area contributed by atoms with Crippen molar-refractivity contribution in [3.63, 3.8) is 0 Å². The highest BCUT2D eigenvalue weighted by Gasteiger charge is 2.14. The summed E-state index contributed by atoms with van der Waals surface area (Å²) in [6.45, 7) is 4.01. The van der Waals surface area contributed by atoms with Crippen molar-refractivity contribution in [3.05, 3.63) is 58.0 Å². The molecule has 0 saturated heterocycles. The van der Waals surface area contributed by atoms with E-state index in [0.29, 0.717) is 10.0 Å². The van der Waals surface area contributed by atoms with Crippen LogP contribution < -0.4 is 10.6 Å². The Bertz CT molecular complexity index is 629. The molecule has 2 N–H and O–H groups in total. The Hall–Kier alpha value is -1.49. The first-order valence-corrected chi connectivity index (χ1v) is 7.74. The molecule has 1 aromatic carbocycles. The Morgan fingerprint density at radius 2 is 2.00 bits per heavy atom. The first-order valence-electron chi connectivity index (χ1n) is 6.98. The lowest BCUT2D eigenvalue weighted by atomic mass is 10.1. The van der Waals surface area contributed by atoms with Gasteiger partial charge in [-0.15, -0.1) is 0 Å². The quantitative estimate of drug-likeness (QED) is 0.831. The van der Waals surface area contributed by atoms with Crippen LogP contribution in [0.3, 0.4) is 0 Å². The van der Waals surface area contributed by atoms with Crippen LogP contribution in [-0.2, 0) is 4.79 Å². The average Bonchev–Trinajstić information content (AvgIpc) is 2.98. The second kappa shape index (κ2) is 7.68. The van der Waals surface area contributed by atoms with Crippen LogP contribution in [0.5, 0.6) is 0 Å². The molecular weight excluding hydrogens is 323 g/mol. The number of rotatable bonds is 6. The molecule has 118 valence electrons. The number of hydrogen-bond donors (Lipinski definition) is 2. The zero-order chi connectivity index (χ0) is 16.1. The van der Waals surface area contributed by atoms with Gasteiger partial charge in [-0.2, -0.15) is 0 Å². The predicted octanol–water partition coefficient (Wildman–Crippen LogP) is 4.11. The van der Waals surface area contributed by atoms with Gasteiger partial charge in [0.25, 0.3) is 0 Å². The molecule has 1 heterocycles. The second-order valence-electron chi connectivity index (χ2n) is 5.07. The third-order valence-corrected chi connectivity index (χ3v) is 3.91. The summed E-state index contributed by atoms with van der Waals surface area (Å²) in [5, 5.41) is 7.11. The molecule has 0 spiro atoms. The van der Waals surface area contributed by atoms with Gasteiger partial charge in [-0.3, -0.25) is 10.1 Å². The number of nitrogens with one attached hydrogen (secondary N) is 2. The summed E-state index contributed by atoms with van der Waals surface area (Å²) in [7, 11) is 0. The number of carbonyl (C=O) groups is 1. The van der Waals surface area contributed by atoms with E-state index in [9.17, 15) is 4.79 Å². The summed E-state index contributed by atoms with van der Waals surface area (Å²) >= 11 is 12.0. The van der Waals surface area contributed by atoms with Crippen LogP contribution in [0.1, 0.15) is 37.3 Å². The Kier molecular flexibility index (Phi) is 5.89. The third kappa shape index (κ3) is 4.50. The van der Waals surface area contributed by atoms with E-state index in [4.69, 9.17) is 27.6 Å². The minimum absolute atomic E-state index is 0.0322. The van der Waals surface area contributed by atoms with Crippen LogP contribution in [0.4, 0.5) is 0 Å². The largest absolute Gasteiger partial charge is 0.468 e. The topological polar surface area (TPSA) is 54.3 Å². The zero-order valence-corrected chi connectivity index (χ0v) is 13.9. The number of amides is 1. The molecule has 6 heteroatoms. The number of benzene rings is 1. The zero-order valence-electron chi connectivity index (χ0n) is 12.4. The highest BCUT2D eigenvalue weighted by molar-refractivity contribution is 6.35. The Morgan fingerprint density at radius 3 is 2.64 bits per heavy atom. The monoisotopic (exact) mass is 340 g/mol. The van der Waals surface area contributed by atoms with Crippen molar-refractivity contribution in [2.24, 2.45) is 0 Å². The van der Waals surface area contributed by atoms with Crippen LogP contribution in [0.15, 0.2) is 41.0 Å². The van der Waals surface area contributed by atoms with Crippen molar-refractivity contribution in [3.8, 4) is 0 Å². The molecule has 0 radical (unpaired) electrons. The van der Waals surface area contributed by atoms with Crippen LogP contribution >= 0.6 is 23.2 Å². The third-order valence-electron chi connectivity index (χ3n) is 3.35. The van der Waals surface area contributed by atoms with E-state index in [-0.39, 0.29) is 24.5 Å². The first-order chi connectivity index (χ1) is 10.5. The Labute approximate surface area is 139 Å². The van der Waals surface area contributed by atoms with Crippen LogP contribution in [-0.4, -0.2) is 12.5 Å². The van der Waals surface area contributed by atoms with Gasteiger partial charge in [0, 0.05) is 10.0 Å². The van der Waals surface area contributed by atoms with Crippen LogP contribution in [0.25, 0.3) is 0 Å². The van der Waals surface area contributed by atoms with Crippen molar-refractivity contribution < 1.29 is 9.21 Å². The molecule has 0 saturated carbocycles. The number of furan rings is 1. The molecule has 1 amide bonds. The summed E-state index contributed by atoms with van der Waals surface area (Å²) in [5.41, 5.74) is 0.832. The first kappa shape index (κ1) is 16.9. The van der Waals surface area contributed by atoms with Crippen molar-refractivity contribution in [1.82, 2.24) is 10.6 Å². The maximum absolute atomic E-state index is 12.0. The normalized spacial score (nSPS) is 13.6. The van der Waals surface area contributed by atoms with Crippen molar-refractivity contribution in [2.45, 2.75) is 25.9 Å². The molecular formula is C16H18Cl2N2O2. The molecule has 1 aromatic heterocycles. The highest BCUT2D eigenvalue weighted by Crippen LogP contribution is 2.25. The van der Waals surface area contributed by atoms with Crippen LogP contribution in [0, 0.1) is 0 Å². The summed E-state index contributed by atoms with van der Waals surface area (Å²) < 4.78 is 5.28. The maximum atomic E-state index is 12.0. The summed E-state index contributed by atoms with van der Waals surface area (Å²) in [4.78, 5) is 12.0. The van der Waals surface area contributed by atoms with E-state index in [1.807, 2.05) is 32.0 Å². The molecule has 0 fully saturated rings. The smallest absolute Gasteiger partial charge is 0.234 e. The van der Waals surface area contributed by atoms with E-state index in [1.165, 1.54) is 0 Å². The second-order valence-corrected chi connectivity index (χ2v) is 5.92. The predicted molar refractivity (Wildman–Crippen MR) is 88.1 cm³/mol. The van der Waals surface area contributed by atoms with Crippen molar-refractivity contribution >= 4 is 29.1 Å². The van der Waals surface area contributed by atoms with E-state index in [2.05, 4.69) is 10.6 Å². The summed E-state index contributed by atoms with van der Waals surface area (Å²) in [6, 6.07) is 8.69. The molecule has 2 rings (SSSR count). The molecule has 2 aromatic rings. The lowest BCUT2D eigenvalue weighted by Crippen LogP contribution is -2.36. The molecule has 2 atom stereocenters. The van der Waals surface area contributed by atoms with Gasteiger partial charge in [-0.25, -0.2) is 0 Å². The fraction of sp³-hybridized carbons (Fsp3) is 0.312. The van der Waals surface area contributed by atoms with Gasteiger partial charge in [0.05, 0.1) is 24.9 Å². The van der Waals surface area contributed by atoms with E-state index in [1.54, 1.807) is 18.4 Å². The SMILES string of the molecule is C[C@H](NCC(=O)N[C@H](C)c1ccc(Cl)cc1Cl)c1ccco1. The van der Waals surface area contributed by atoms with Gasteiger partial charge in [0.2, 0.25) is 5.91 Å². The van der Waals surface area contributed by atoms with Gasteiger partial charge in [-0.1, -0.05) is 29.3 Å². The fourth-order valence-electron chi connectivity index (χ4n) is 2.11. The van der Waals surface area contributed by atoms with Gasteiger partial charge >= 0.3 is 0 Å². The molecule has 0 aliphatic heterocycles. The number of hydrogen-bond acceptors (Lipinski definition) is 3. The summed E-state index contributed by atoms with van der Waals surface area (Å²) in [6.07, 6.45) is 1.61. The standard InChI is InChI=1S/C16H18Cl2N2O2/c1-10(13-6-5-12(17)8-14(13)18)20-16(21)9-19-11(2)15-4-3-7-22-15/h3-8,10-11,19H,9H2,1-2H3,(H,20,21)/t10-,11+/m1/s1. The fourth-order valence-corrected chi connectivity index (χ4v) is 2.68. The van der Waals surface area contributed by atoms with Crippen LogP contribution in [0.2, 0.25) is 10.0 Å². The van der Waals surface area contributed by atoms with Gasteiger partial charge in [0.15, 0.2) is 0 Å². The van der Waals surface area contributed by atoms with E-state index in [0.717, 1.165) is 11.3 Å². The lowest BCUT2D eigenvalue weighted by Gasteiger charge is -2.17. The number of carbonyl (C=O) groups excluding carboxylic acids is 1. The molecule has 0 bridgehead atoms. The van der Waals surface area contributed by atoms with Crippen molar-refractivity contribution in [2.75, 3.05) is 6.54 Å². The molecule has 0 aliphatic carbocycles. The molecule has 22 heavy (non-hydrogen) atoms. The Morgan fingerprint density at radius 1 is 1.23 bits per heavy atom. The van der Waals surface area contributed by atoms with Gasteiger partial charge in [-0.05, 0) is 43.7 Å². The van der Waals surface area contributed by atoms with Gasteiger partial charge < -0.3 is 9.73 Å².